The summed E-state index contributed by atoms with van der Waals surface area (Å²) in [5, 5.41) is 0. The maximum absolute atomic E-state index is 13.4. The van der Waals surface area contributed by atoms with Crippen molar-refractivity contribution in [2.45, 2.75) is 93.1 Å². The van der Waals surface area contributed by atoms with Crippen molar-refractivity contribution in [3.8, 4) is 0 Å². The Kier molecular flexibility index (Phi) is 6.19. The summed E-state index contributed by atoms with van der Waals surface area (Å²) in [6.07, 6.45) is 12.5. The van der Waals surface area contributed by atoms with Crippen LogP contribution in [0.2, 0.25) is 0 Å². The Labute approximate surface area is 204 Å². The van der Waals surface area contributed by atoms with E-state index in [1.807, 2.05) is 31.2 Å². The molecule has 0 saturated heterocycles. The molecule has 0 N–H and O–H groups in total. The first-order valence-electron chi connectivity index (χ1n) is 12.8. The largest absolute Gasteiger partial charge is 0.454 e. The molecule has 3 aliphatic carbocycles. The van der Waals surface area contributed by atoms with Crippen molar-refractivity contribution in [3.05, 3.63) is 46.6 Å². The summed E-state index contributed by atoms with van der Waals surface area (Å²) in [6, 6.07) is 0. The Morgan fingerprint density at radius 3 is 2.44 bits per heavy atom. The van der Waals surface area contributed by atoms with Gasteiger partial charge in [0.1, 0.15) is 11.9 Å². The van der Waals surface area contributed by atoms with E-state index in [4.69, 9.17) is 4.74 Å². The van der Waals surface area contributed by atoms with Crippen LogP contribution in [0.1, 0.15) is 87.0 Å². The number of rotatable bonds is 3. The van der Waals surface area contributed by atoms with E-state index in [1.54, 1.807) is 6.92 Å². The van der Waals surface area contributed by atoms with Crippen LogP contribution >= 0.6 is 0 Å². The molecule has 0 radical (unpaired) electrons. The van der Waals surface area contributed by atoms with Crippen LogP contribution in [-0.4, -0.2) is 23.6 Å². The first-order chi connectivity index (χ1) is 15.8. The Bertz CT molecular complexity index is 1050. The molecule has 1 heterocycles. The molecule has 0 aromatic rings. The van der Waals surface area contributed by atoms with Gasteiger partial charge in [-0.05, 0) is 68.4 Å². The van der Waals surface area contributed by atoms with Crippen molar-refractivity contribution in [2.75, 3.05) is 0 Å². The normalized spacial score (nSPS) is 39.5. The van der Waals surface area contributed by atoms with Gasteiger partial charge in [-0.2, -0.15) is 0 Å². The van der Waals surface area contributed by atoms with Gasteiger partial charge in [0.2, 0.25) is 0 Å². The highest BCUT2D eigenvalue weighted by atomic mass is 16.5. The number of hydrogen-bond donors (Lipinski definition) is 0. The van der Waals surface area contributed by atoms with Crippen LogP contribution in [0.25, 0.3) is 0 Å². The van der Waals surface area contributed by atoms with Crippen LogP contribution in [0.5, 0.6) is 0 Å². The number of carbonyl (C=O) groups is 3. The number of ketones is 2. The lowest BCUT2D eigenvalue weighted by Gasteiger charge is -2.60. The maximum atomic E-state index is 13.4. The second-order valence-electron chi connectivity index (χ2n) is 12.2. The molecule has 4 rings (SSSR count). The van der Waals surface area contributed by atoms with Crippen molar-refractivity contribution in [1.29, 1.82) is 0 Å². The van der Waals surface area contributed by atoms with E-state index in [-0.39, 0.29) is 40.0 Å². The summed E-state index contributed by atoms with van der Waals surface area (Å²) in [5.74, 6) is 1.02. The van der Waals surface area contributed by atoms with Crippen molar-refractivity contribution < 1.29 is 19.1 Å². The Balaban J connectivity index is 1.59. The fourth-order valence-electron chi connectivity index (χ4n) is 7.84. The summed E-state index contributed by atoms with van der Waals surface area (Å²) in [6.45, 7) is 14.7. The quantitative estimate of drug-likeness (QED) is 0.273. The monoisotopic (exact) mass is 464 g/mol. The molecule has 1 aliphatic heterocycles. The third-order valence-electron chi connectivity index (χ3n) is 9.85. The zero-order valence-corrected chi connectivity index (χ0v) is 21.9. The number of carbonyl (C=O) groups excluding carboxylic acids is 3. The summed E-state index contributed by atoms with van der Waals surface area (Å²) < 4.78 is 5.51. The van der Waals surface area contributed by atoms with E-state index < -0.39 is 0 Å². The zero-order chi connectivity index (χ0) is 25.1. The molecule has 4 aliphatic rings. The van der Waals surface area contributed by atoms with Crippen LogP contribution in [0.3, 0.4) is 0 Å². The van der Waals surface area contributed by atoms with Gasteiger partial charge in [0.05, 0.1) is 0 Å². The van der Waals surface area contributed by atoms with E-state index in [1.165, 1.54) is 0 Å². The Hall–Kier alpha value is -2.23. The molecule has 0 bridgehead atoms. The standard InChI is InChI=1S/C30H40O4/c1-18(22-12-11-20(3)27(33)34-22)9-8-10-19(2)26-21(31)17-24-29(6)16-14-25(32)28(4,5)23(29)13-15-30(24,26)7/h8-11,22-24H,12-17H2,1-7H3/b10-8+,18-9+,26-19+/t22-,23?,24?,29-,30-/m0/s1. The molecule has 34 heavy (non-hydrogen) atoms. The van der Waals surface area contributed by atoms with Crippen LogP contribution in [0, 0.1) is 28.1 Å². The molecule has 3 saturated carbocycles. The lowest BCUT2D eigenvalue weighted by molar-refractivity contribution is -0.154. The molecule has 4 nitrogen and oxygen atoms in total. The average molecular weight is 465 g/mol. The molecule has 5 atom stereocenters. The van der Waals surface area contributed by atoms with Gasteiger partial charge in [0.25, 0.3) is 0 Å². The Morgan fingerprint density at radius 1 is 1.06 bits per heavy atom. The van der Waals surface area contributed by atoms with Crippen LogP contribution in [-0.2, 0) is 19.1 Å². The summed E-state index contributed by atoms with van der Waals surface area (Å²) in [5.41, 5.74) is 3.23. The molecule has 4 heteroatoms. The molecule has 3 fully saturated rings. The highest BCUT2D eigenvalue weighted by Gasteiger charge is 2.64. The third-order valence-corrected chi connectivity index (χ3v) is 9.85. The first-order valence-corrected chi connectivity index (χ1v) is 12.8. The number of Topliss-reactive ketones (excluding diaryl/α,β-unsaturated/α-hetero) is 2. The summed E-state index contributed by atoms with van der Waals surface area (Å²) >= 11 is 0. The van der Waals surface area contributed by atoms with Crippen LogP contribution < -0.4 is 0 Å². The predicted molar refractivity (Wildman–Crippen MR) is 134 cm³/mol. The topological polar surface area (TPSA) is 60.4 Å². The fourth-order valence-corrected chi connectivity index (χ4v) is 7.84. The zero-order valence-electron chi connectivity index (χ0n) is 21.9. The van der Waals surface area contributed by atoms with Crippen molar-refractivity contribution in [3.63, 3.8) is 0 Å². The fraction of sp³-hybridized carbons (Fsp3) is 0.633. The number of ether oxygens (including phenoxy) is 1. The minimum Gasteiger partial charge on any atom is -0.454 e. The van der Waals surface area contributed by atoms with Gasteiger partial charge in [-0.15, -0.1) is 0 Å². The van der Waals surface area contributed by atoms with Gasteiger partial charge in [0, 0.05) is 41.2 Å². The molecule has 0 spiro atoms. The molecule has 0 aromatic carbocycles. The number of allylic oxidation sites excluding steroid dienone is 5. The van der Waals surface area contributed by atoms with Gasteiger partial charge in [-0.3, -0.25) is 9.59 Å². The van der Waals surface area contributed by atoms with E-state index in [9.17, 15) is 14.4 Å². The SMILES string of the molecule is CC1=CC[C@@H](/C(C)=C/C=C/C(C)=C2\C(=O)CC3[C@@]4(C)CCC(=O)C(C)(C)C4CC[C@]23C)OC1=O. The highest BCUT2D eigenvalue weighted by Crippen LogP contribution is 2.68. The summed E-state index contributed by atoms with van der Waals surface area (Å²) in [7, 11) is 0. The molecule has 0 aromatic heterocycles. The van der Waals surface area contributed by atoms with Gasteiger partial charge < -0.3 is 4.74 Å². The second kappa shape index (κ2) is 8.46. The van der Waals surface area contributed by atoms with Crippen LogP contribution in [0.15, 0.2) is 46.6 Å². The molecular weight excluding hydrogens is 424 g/mol. The molecule has 184 valence electrons. The van der Waals surface area contributed by atoms with E-state index in [2.05, 4.69) is 34.6 Å². The Morgan fingerprint density at radius 2 is 1.76 bits per heavy atom. The lowest BCUT2D eigenvalue weighted by atomic mass is 9.43. The number of fused-ring (bicyclic) bond motifs is 3. The van der Waals surface area contributed by atoms with Gasteiger partial charge >= 0.3 is 5.97 Å². The van der Waals surface area contributed by atoms with Crippen LogP contribution in [0.4, 0.5) is 0 Å². The number of cyclic esters (lactones) is 1. The predicted octanol–water partition coefficient (Wildman–Crippen LogP) is 6.47. The first kappa shape index (κ1) is 24.9. The van der Waals surface area contributed by atoms with Crippen molar-refractivity contribution in [2.24, 2.45) is 28.1 Å². The average Bonchev–Trinajstić information content (AvgIpc) is 3.04. The number of hydrogen-bond acceptors (Lipinski definition) is 4. The number of esters is 1. The summed E-state index contributed by atoms with van der Waals surface area (Å²) in [4.78, 5) is 38.0. The molecule has 2 unspecified atom stereocenters. The molecular formula is C30H40O4. The van der Waals surface area contributed by atoms with Gasteiger partial charge in [-0.25, -0.2) is 4.79 Å². The minimum absolute atomic E-state index is 0.0127. The molecule has 0 amide bonds. The van der Waals surface area contributed by atoms with E-state index >= 15 is 0 Å². The van der Waals surface area contributed by atoms with Gasteiger partial charge in [0.15, 0.2) is 5.78 Å². The van der Waals surface area contributed by atoms with Crippen molar-refractivity contribution in [1.82, 2.24) is 0 Å². The van der Waals surface area contributed by atoms with Gasteiger partial charge in [-0.1, -0.05) is 52.0 Å². The smallest absolute Gasteiger partial charge is 0.333 e. The second-order valence-corrected chi connectivity index (χ2v) is 12.2. The van der Waals surface area contributed by atoms with Crippen molar-refractivity contribution >= 4 is 17.5 Å². The maximum Gasteiger partial charge on any atom is 0.333 e. The van der Waals surface area contributed by atoms with E-state index in [0.29, 0.717) is 36.5 Å². The van der Waals surface area contributed by atoms with E-state index in [0.717, 1.165) is 36.0 Å². The third kappa shape index (κ3) is 3.78. The highest BCUT2D eigenvalue weighted by molar-refractivity contribution is 6.01. The minimum atomic E-state index is -0.308. The lowest BCUT2D eigenvalue weighted by Crippen LogP contribution is -2.56.